The van der Waals surface area contributed by atoms with Gasteiger partial charge in [0.1, 0.15) is 0 Å². The summed E-state index contributed by atoms with van der Waals surface area (Å²) in [5.74, 6) is 0. The number of aryl methyl sites for hydroxylation is 1. The van der Waals surface area contributed by atoms with E-state index in [1.54, 1.807) is 0 Å². The smallest absolute Gasteiger partial charge is 0.0597 e. The fourth-order valence-electron chi connectivity index (χ4n) is 1.54. The van der Waals surface area contributed by atoms with Crippen LogP contribution in [0.3, 0.4) is 0 Å². The molecule has 0 saturated heterocycles. The largest absolute Gasteiger partial charge is 0.399 e. The molecule has 0 bridgehead atoms. The summed E-state index contributed by atoms with van der Waals surface area (Å²) in [7, 11) is 0. The van der Waals surface area contributed by atoms with Gasteiger partial charge in [-0.25, -0.2) is 0 Å². The summed E-state index contributed by atoms with van der Waals surface area (Å²) in [6.07, 6.45) is 0. The molecule has 3 nitrogen and oxygen atoms in total. The summed E-state index contributed by atoms with van der Waals surface area (Å²) in [5.41, 5.74) is 9.54. The quantitative estimate of drug-likeness (QED) is 0.770. The number of nitrogens with zero attached hydrogens (tertiary/aromatic N) is 1. The molecule has 2 rings (SSSR count). The third-order valence-corrected chi connectivity index (χ3v) is 2.31. The Bertz CT molecular complexity index is 435. The molecule has 3 heteroatoms. The number of aromatic nitrogens is 1. The highest BCUT2D eigenvalue weighted by atomic mass is 14.9. The van der Waals surface area contributed by atoms with Crippen molar-refractivity contribution in [1.29, 1.82) is 0 Å². The molecule has 0 fully saturated rings. The molecule has 82 valence electrons. The van der Waals surface area contributed by atoms with E-state index in [1.807, 2.05) is 49.4 Å². The highest BCUT2D eigenvalue weighted by molar-refractivity contribution is 5.54. The van der Waals surface area contributed by atoms with E-state index in [-0.39, 0.29) is 0 Å². The normalized spacial score (nSPS) is 10.1. The van der Waals surface area contributed by atoms with Crippen LogP contribution in [0.5, 0.6) is 0 Å². The average molecular weight is 213 g/mol. The number of benzene rings is 1. The monoisotopic (exact) mass is 213 g/mol. The van der Waals surface area contributed by atoms with Gasteiger partial charge in [0, 0.05) is 17.1 Å². The van der Waals surface area contributed by atoms with Crippen LogP contribution in [0.2, 0.25) is 0 Å². The number of nitrogen functional groups attached to an aromatic ring is 1. The van der Waals surface area contributed by atoms with E-state index in [0.29, 0.717) is 6.54 Å². The molecule has 0 unspecified atom stereocenters. The van der Waals surface area contributed by atoms with Crippen molar-refractivity contribution in [2.45, 2.75) is 13.5 Å². The molecule has 3 N–H and O–H groups in total. The summed E-state index contributed by atoms with van der Waals surface area (Å²) in [4.78, 5) is 4.42. The van der Waals surface area contributed by atoms with E-state index >= 15 is 0 Å². The van der Waals surface area contributed by atoms with Gasteiger partial charge in [0.15, 0.2) is 0 Å². The summed E-state index contributed by atoms with van der Waals surface area (Å²) in [6.45, 7) is 2.70. The van der Waals surface area contributed by atoms with Crippen molar-refractivity contribution in [3.8, 4) is 0 Å². The zero-order valence-electron chi connectivity index (χ0n) is 9.27. The van der Waals surface area contributed by atoms with Gasteiger partial charge in [-0.05, 0) is 37.3 Å². The first-order valence-corrected chi connectivity index (χ1v) is 5.26. The van der Waals surface area contributed by atoms with Gasteiger partial charge in [0.25, 0.3) is 0 Å². The van der Waals surface area contributed by atoms with E-state index in [2.05, 4.69) is 10.3 Å². The number of hydrogen-bond acceptors (Lipinski definition) is 3. The summed E-state index contributed by atoms with van der Waals surface area (Å²) in [5, 5.41) is 3.29. The molecule has 1 heterocycles. The molecule has 0 aliphatic heterocycles. The van der Waals surface area contributed by atoms with Gasteiger partial charge in [-0.15, -0.1) is 0 Å². The van der Waals surface area contributed by atoms with Crippen molar-refractivity contribution in [2.75, 3.05) is 11.1 Å². The molecule has 2 aromatic rings. The zero-order chi connectivity index (χ0) is 11.4. The van der Waals surface area contributed by atoms with Crippen LogP contribution in [0.1, 0.15) is 11.4 Å². The Morgan fingerprint density at radius 3 is 2.75 bits per heavy atom. The zero-order valence-corrected chi connectivity index (χ0v) is 9.27. The van der Waals surface area contributed by atoms with Crippen LogP contribution in [-0.2, 0) is 6.54 Å². The van der Waals surface area contributed by atoms with Gasteiger partial charge in [0.05, 0.1) is 12.2 Å². The maximum absolute atomic E-state index is 5.70. The first-order valence-electron chi connectivity index (χ1n) is 5.26. The second-order valence-corrected chi connectivity index (χ2v) is 3.75. The first kappa shape index (κ1) is 10.5. The highest BCUT2D eigenvalue weighted by Crippen LogP contribution is 2.12. The first-order chi connectivity index (χ1) is 7.74. The molecule has 0 aliphatic carbocycles. The lowest BCUT2D eigenvalue weighted by molar-refractivity contribution is 1.02. The SMILES string of the molecule is Cc1cccc(CNc2cccc(N)c2)n1. The van der Waals surface area contributed by atoms with Crippen LogP contribution >= 0.6 is 0 Å². The van der Waals surface area contributed by atoms with Gasteiger partial charge in [0.2, 0.25) is 0 Å². The fourth-order valence-corrected chi connectivity index (χ4v) is 1.54. The third kappa shape index (κ3) is 2.73. The van der Waals surface area contributed by atoms with Gasteiger partial charge >= 0.3 is 0 Å². The minimum absolute atomic E-state index is 0.713. The molecule has 0 atom stereocenters. The summed E-state index contributed by atoms with van der Waals surface area (Å²) in [6, 6.07) is 13.7. The molecule has 0 aliphatic rings. The van der Waals surface area contributed by atoms with E-state index in [4.69, 9.17) is 5.73 Å². The van der Waals surface area contributed by atoms with Crippen LogP contribution < -0.4 is 11.1 Å². The number of pyridine rings is 1. The molecule has 0 spiro atoms. The molecular formula is C13H15N3. The van der Waals surface area contributed by atoms with Crippen molar-refractivity contribution in [2.24, 2.45) is 0 Å². The summed E-state index contributed by atoms with van der Waals surface area (Å²) < 4.78 is 0. The van der Waals surface area contributed by atoms with Crippen LogP contribution in [0, 0.1) is 6.92 Å². The minimum atomic E-state index is 0.713. The lowest BCUT2D eigenvalue weighted by Crippen LogP contribution is -2.02. The third-order valence-electron chi connectivity index (χ3n) is 2.31. The Kier molecular flexibility index (Phi) is 3.05. The van der Waals surface area contributed by atoms with E-state index < -0.39 is 0 Å². The van der Waals surface area contributed by atoms with Crippen LogP contribution in [0.4, 0.5) is 11.4 Å². The molecular weight excluding hydrogens is 198 g/mol. The Morgan fingerprint density at radius 1 is 1.19 bits per heavy atom. The number of hydrogen-bond donors (Lipinski definition) is 2. The van der Waals surface area contributed by atoms with E-state index in [1.165, 1.54) is 0 Å². The lowest BCUT2D eigenvalue weighted by Gasteiger charge is -2.06. The Balaban J connectivity index is 2.02. The Hall–Kier alpha value is -2.03. The number of nitrogens with one attached hydrogen (secondary N) is 1. The maximum atomic E-state index is 5.70. The van der Waals surface area contributed by atoms with Crippen molar-refractivity contribution in [1.82, 2.24) is 4.98 Å². The van der Waals surface area contributed by atoms with Gasteiger partial charge in [-0.3, -0.25) is 4.98 Å². The topological polar surface area (TPSA) is 50.9 Å². The van der Waals surface area contributed by atoms with Crippen molar-refractivity contribution in [3.05, 3.63) is 53.9 Å². The van der Waals surface area contributed by atoms with Gasteiger partial charge < -0.3 is 11.1 Å². The standard InChI is InChI=1S/C13H15N3/c1-10-4-2-7-13(16-10)9-15-12-6-3-5-11(14)8-12/h2-8,15H,9,14H2,1H3. The van der Waals surface area contributed by atoms with Crippen LogP contribution in [0.15, 0.2) is 42.5 Å². The average Bonchev–Trinajstić information content (AvgIpc) is 2.27. The maximum Gasteiger partial charge on any atom is 0.0597 e. The number of nitrogens with two attached hydrogens (primary N) is 1. The molecule has 1 aromatic heterocycles. The fraction of sp³-hybridized carbons (Fsp3) is 0.154. The number of rotatable bonds is 3. The van der Waals surface area contributed by atoms with Crippen molar-refractivity contribution >= 4 is 11.4 Å². The molecule has 16 heavy (non-hydrogen) atoms. The predicted molar refractivity (Wildman–Crippen MR) is 67.2 cm³/mol. The molecule has 1 aromatic carbocycles. The molecule has 0 amide bonds. The molecule has 0 saturated carbocycles. The second kappa shape index (κ2) is 4.66. The van der Waals surface area contributed by atoms with Gasteiger partial charge in [-0.1, -0.05) is 12.1 Å². The van der Waals surface area contributed by atoms with Crippen molar-refractivity contribution in [3.63, 3.8) is 0 Å². The summed E-state index contributed by atoms with van der Waals surface area (Å²) >= 11 is 0. The highest BCUT2D eigenvalue weighted by Gasteiger charge is 1.96. The number of anilines is 2. The lowest BCUT2D eigenvalue weighted by atomic mass is 10.2. The van der Waals surface area contributed by atoms with E-state index in [0.717, 1.165) is 22.8 Å². The van der Waals surface area contributed by atoms with Crippen LogP contribution in [0.25, 0.3) is 0 Å². The Labute approximate surface area is 95.3 Å². The Morgan fingerprint density at radius 2 is 2.00 bits per heavy atom. The molecule has 0 radical (unpaired) electrons. The van der Waals surface area contributed by atoms with E-state index in [9.17, 15) is 0 Å². The minimum Gasteiger partial charge on any atom is -0.399 e. The van der Waals surface area contributed by atoms with Crippen LogP contribution in [-0.4, -0.2) is 4.98 Å². The predicted octanol–water partition coefficient (Wildman–Crippen LogP) is 2.58. The van der Waals surface area contributed by atoms with Gasteiger partial charge in [-0.2, -0.15) is 0 Å². The second-order valence-electron chi connectivity index (χ2n) is 3.75. The van der Waals surface area contributed by atoms with Crippen molar-refractivity contribution < 1.29 is 0 Å².